The summed E-state index contributed by atoms with van der Waals surface area (Å²) in [5.74, 6) is -5.76. The van der Waals surface area contributed by atoms with Gasteiger partial charge in [-0.25, -0.2) is 18.0 Å². The normalized spacial score (nSPS) is 26.2. The van der Waals surface area contributed by atoms with E-state index in [4.69, 9.17) is 5.11 Å². The molecule has 0 spiro atoms. The summed E-state index contributed by atoms with van der Waals surface area (Å²) in [6.45, 7) is 0.512. The van der Waals surface area contributed by atoms with Crippen LogP contribution in [0.15, 0.2) is 12.1 Å². The first-order chi connectivity index (χ1) is 10.9. The summed E-state index contributed by atoms with van der Waals surface area (Å²) < 4.78 is 39.4. The van der Waals surface area contributed by atoms with Crippen molar-refractivity contribution in [1.82, 2.24) is 10.2 Å². The Balaban J connectivity index is 1.57. The van der Waals surface area contributed by atoms with Gasteiger partial charge in [0.05, 0.1) is 5.92 Å². The monoisotopic (exact) mass is 328 g/mol. The lowest BCUT2D eigenvalue weighted by molar-refractivity contribution is -0.141. The molecule has 1 aliphatic heterocycles. The Hall–Kier alpha value is -2.25. The summed E-state index contributed by atoms with van der Waals surface area (Å²) in [6, 6.07) is 1.21. The zero-order chi connectivity index (χ0) is 16.7. The third-order valence-electron chi connectivity index (χ3n) is 4.36. The molecule has 1 heterocycles. The number of nitrogens with one attached hydrogen (secondary N) is 1. The lowest BCUT2D eigenvalue weighted by Crippen LogP contribution is -2.40. The zero-order valence-corrected chi connectivity index (χ0v) is 12.1. The number of aliphatic carboxylic acids is 1. The van der Waals surface area contributed by atoms with Gasteiger partial charge in [0.1, 0.15) is 0 Å². The molecule has 0 aromatic heterocycles. The molecule has 1 unspecified atom stereocenters. The lowest BCUT2D eigenvalue weighted by atomic mass is 10.1. The zero-order valence-electron chi connectivity index (χ0n) is 12.1. The minimum Gasteiger partial charge on any atom is -0.481 e. The number of carbonyl (C=O) groups excluding carboxylic acids is 1. The van der Waals surface area contributed by atoms with E-state index in [-0.39, 0.29) is 24.5 Å². The standard InChI is InChI=1S/C15H15F3N2O3/c16-10-3-8(4-11(17)13(10)18)9-5-12(9)19-15(23)20-2-1-7(6-20)14(21)22/h3-4,7,9,12H,1-2,5-6H2,(H,19,23)(H,21,22)/t7?,9-,12+/m0/s1. The second-order valence-electron chi connectivity index (χ2n) is 5.97. The van der Waals surface area contributed by atoms with Crippen molar-refractivity contribution < 1.29 is 27.9 Å². The number of benzene rings is 1. The molecule has 1 saturated heterocycles. The minimum absolute atomic E-state index is 0.151. The van der Waals surface area contributed by atoms with Gasteiger partial charge in [-0.05, 0) is 30.5 Å². The lowest BCUT2D eigenvalue weighted by Gasteiger charge is -2.16. The van der Waals surface area contributed by atoms with Gasteiger partial charge < -0.3 is 15.3 Å². The van der Waals surface area contributed by atoms with Crippen molar-refractivity contribution in [1.29, 1.82) is 0 Å². The smallest absolute Gasteiger partial charge is 0.317 e. The van der Waals surface area contributed by atoms with Crippen LogP contribution in [0, 0.1) is 23.4 Å². The maximum atomic E-state index is 13.2. The van der Waals surface area contributed by atoms with E-state index in [0.29, 0.717) is 24.9 Å². The molecule has 23 heavy (non-hydrogen) atoms. The van der Waals surface area contributed by atoms with Gasteiger partial charge in [0, 0.05) is 25.0 Å². The quantitative estimate of drug-likeness (QED) is 0.835. The van der Waals surface area contributed by atoms with Crippen LogP contribution in [-0.2, 0) is 4.79 Å². The molecular formula is C15H15F3N2O3. The number of carboxylic acids is 1. The fourth-order valence-electron chi connectivity index (χ4n) is 2.91. The van der Waals surface area contributed by atoms with E-state index >= 15 is 0 Å². The van der Waals surface area contributed by atoms with E-state index in [1.54, 1.807) is 0 Å². The number of rotatable bonds is 3. The molecular weight excluding hydrogens is 313 g/mol. The Morgan fingerprint density at radius 3 is 2.43 bits per heavy atom. The second-order valence-corrected chi connectivity index (χ2v) is 5.97. The molecule has 0 bridgehead atoms. The van der Waals surface area contributed by atoms with E-state index in [2.05, 4.69) is 5.32 Å². The van der Waals surface area contributed by atoms with Crippen molar-refractivity contribution in [2.45, 2.75) is 24.8 Å². The topological polar surface area (TPSA) is 69.6 Å². The molecule has 1 aliphatic carbocycles. The first-order valence-electron chi connectivity index (χ1n) is 7.29. The van der Waals surface area contributed by atoms with E-state index in [1.165, 1.54) is 4.90 Å². The molecule has 3 rings (SSSR count). The van der Waals surface area contributed by atoms with E-state index in [1.807, 2.05) is 0 Å². The number of likely N-dealkylation sites (tertiary alicyclic amines) is 1. The van der Waals surface area contributed by atoms with Crippen LogP contribution in [0.4, 0.5) is 18.0 Å². The van der Waals surface area contributed by atoms with Gasteiger partial charge in [0.2, 0.25) is 0 Å². The predicted octanol–water partition coefficient (Wildman–Crippen LogP) is 2.08. The number of hydrogen-bond acceptors (Lipinski definition) is 2. The molecule has 2 fully saturated rings. The van der Waals surface area contributed by atoms with Crippen molar-refractivity contribution in [3.63, 3.8) is 0 Å². The van der Waals surface area contributed by atoms with Crippen LogP contribution in [0.1, 0.15) is 24.3 Å². The molecule has 1 aromatic carbocycles. The number of nitrogens with zero attached hydrogens (tertiary/aromatic N) is 1. The number of carbonyl (C=O) groups is 2. The molecule has 1 saturated carbocycles. The number of amides is 2. The Morgan fingerprint density at radius 1 is 1.22 bits per heavy atom. The summed E-state index contributed by atoms with van der Waals surface area (Å²) >= 11 is 0. The molecule has 124 valence electrons. The van der Waals surface area contributed by atoms with Crippen LogP contribution < -0.4 is 5.32 Å². The molecule has 2 amide bonds. The van der Waals surface area contributed by atoms with E-state index in [9.17, 15) is 22.8 Å². The highest BCUT2D eigenvalue weighted by molar-refractivity contribution is 5.78. The maximum absolute atomic E-state index is 13.2. The van der Waals surface area contributed by atoms with Crippen LogP contribution in [0.25, 0.3) is 0 Å². The van der Waals surface area contributed by atoms with Gasteiger partial charge in [-0.1, -0.05) is 0 Å². The van der Waals surface area contributed by atoms with E-state index in [0.717, 1.165) is 12.1 Å². The highest BCUT2D eigenvalue weighted by Crippen LogP contribution is 2.41. The van der Waals surface area contributed by atoms with E-state index < -0.39 is 29.3 Å². The molecule has 2 N–H and O–H groups in total. The fourth-order valence-corrected chi connectivity index (χ4v) is 2.91. The summed E-state index contributed by atoms with van der Waals surface area (Å²) in [5, 5.41) is 11.6. The number of carboxylic acid groups (broad SMARTS) is 1. The fraction of sp³-hybridized carbons (Fsp3) is 0.467. The van der Waals surface area contributed by atoms with Crippen molar-refractivity contribution in [2.75, 3.05) is 13.1 Å². The van der Waals surface area contributed by atoms with Crippen LogP contribution >= 0.6 is 0 Å². The summed E-state index contributed by atoms with van der Waals surface area (Å²) in [6.07, 6.45) is 0.914. The highest BCUT2D eigenvalue weighted by atomic mass is 19.2. The van der Waals surface area contributed by atoms with Crippen molar-refractivity contribution in [2.24, 2.45) is 5.92 Å². The van der Waals surface area contributed by atoms with Gasteiger partial charge in [0.25, 0.3) is 0 Å². The summed E-state index contributed by atoms with van der Waals surface area (Å²) in [4.78, 5) is 24.3. The number of urea groups is 1. The van der Waals surface area contributed by atoms with Crippen LogP contribution in [0.3, 0.4) is 0 Å². The number of hydrogen-bond donors (Lipinski definition) is 2. The van der Waals surface area contributed by atoms with Crippen LogP contribution in [-0.4, -0.2) is 41.1 Å². The average molecular weight is 328 g/mol. The Labute approximate surface area is 130 Å². The third-order valence-corrected chi connectivity index (χ3v) is 4.36. The Bertz CT molecular complexity index is 644. The Morgan fingerprint density at radius 2 is 1.87 bits per heavy atom. The van der Waals surface area contributed by atoms with Gasteiger partial charge in [-0.3, -0.25) is 4.79 Å². The molecule has 1 aromatic rings. The van der Waals surface area contributed by atoms with Gasteiger partial charge in [0.15, 0.2) is 17.5 Å². The van der Waals surface area contributed by atoms with Gasteiger partial charge in [-0.15, -0.1) is 0 Å². The SMILES string of the molecule is O=C(O)C1CCN(C(=O)N[C@@H]2C[C@H]2c2cc(F)c(F)c(F)c2)C1. The first kappa shape index (κ1) is 15.6. The second kappa shape index (κ2) is 5.75. The van der Waals surface area contributed by atoms with Crippen molar-refractivity contribution >= 4 is 12.0 Å². The first-order valence-corrected chi connectivity index (χ1v) is 7.29. The molecule has 8 heteroatoms. The third kappa shape index (κ3) is 3.11. The molecule has 5 nitrogen and oxygen atoms in total. The van der Waals surface area contributed by atoms with Gasteiger partial charge in [-0.2, -0.15) is 0 Å². The summed E-state index contributed by atoms with van der Waals surface area (Å²) in [7, 11) is 0. The van der Waals surface area contributed by atoms with Gasteiger partial charge >= 0.3 is 12.0 Å². The number of halogens is 3. The molecule has 3 atom stereocenters. The molecule has 2 aliphatic rings. The van der Waals surface area contributed by atoms with Crippen molar-refractivity contribution in [3.05, 3.63) is 35.1 Å². The maximum Gasteiger partial charge on any atom is 0.317 e. The van der Waals surface area contributed by atoms with Crippen molar-refractivity contribution in [3.8, 4) is 0 Å². The van der Waals surface area contributed by atoms with Crippen LogP contribution in [0.2, 0.25) is 0 Å². The predicted molar refractivity (Wildman–Crippen MR) is 73.3 cm³/mol. The van der Waals surface area contributed by atoms with Crippen LogP contribution in [0.5, 0.6) is 0 Å². The Kier molecular flexibility index (Phi) is 3.91. The minimum atomic E-state index is -1.51. The summed E-state index contributed by atoms with van der Waals surface area (Å²) in [5.41, 5.74) is 0.302. The average Bonchev–Trinajstić information content (AvgIpc) is 3.07. The highest BCUT2D eigenvalue weighted by Gasteiger charge is 2.42. The molecule has 0 radical (unpaired) electrons. The largest absolute Gasteiger partial charge is 0.481 e.